The molecule has 2 bridgehead atoms. The van der Waals surface area contributed by atoms with Crippen molar-refractivity contribution in [3.8, 4) is 0 Å². The number of cyclic esters (lactones) is 3. The van der Waals surface area contributed by atoms with Crippen LogP contribution in [0.3, 0.4) is 0 Å². The SMILES string of the molecule is CC1=C2C3=C4[C@@](C)(C(=O)[C@@]2(O)OC1=O)[C@@H]1C[C@@H]1[C@@]4(O)C[C@@H]1[C@]32OC(=O)C3=C2C[C@H]2[C@](O)(COC(=O)/C(C)=C\COC(=O)CCC(=O)OC3)[C@H]3C[C@H]3[C@]12C. The predicted molar refractivity (Wildman–Crippen MR) is 173 cm³/mol. The maximum absolute atomic E-state index is 14.5. The van der Waals surface area contributed by atoms with Crippen LogP contribution >= 0.6 is 0 Å². The Bertz CT molecular complexity index is 2070. The van der Waals surface area contributed by atoms with Crippen LogP contribution in [0.5, 0.6) is 0 Å². The van der Waals surface area contributed by atoms with Gasteiger partial charge in [-0.1, -0.05) is 6.92 Å². The Hall–Kier alpha value is -4.14. The number of fused-ring (bicyclic) bond motifs is 9. The van der Waals surface area contributed by atoms with Gasteiger partial charge in [-0.05, 0) is 92.8 Å². The number of ketones is 1. The summed E-state index contributed by atoms with van der Waals surface area (Å²) in [5, 5.41) is 38.0. The molecule has 3 heterocycles. The van der Waals surface area contributed by atoms with Gasteiger partial charge in [-0.3, -0.25) is 14.4 Å². The Morgan fingerprint density at radius 3 is 2.19 bits per heavy atom. The summed E-state index contributed by atoms with van der Waals surface area (Å²) in [6, 6.07) is 0. The predicted octanol–water partition coefficient (Wildman–Crippen LogP) is 1.20. The summed E-state index contributed by atoms with van der Waals surface area (Å²) in [7, 11) is 0. The molecule has 5 saturated carbocycles. The number of rotatable bonds is 0. The van der Waals surface area contributed by atoms with E-state index in [4.69, 9.17) is 23.7 Å². The summed E-state index contributed by atoms with van der Waals surface area (Å²) in [5.41, 5.74) is -6.43. The first-order valence-corrected chi connectivity index (χ1v) is 18.4. The van der Waals surface area contributed by atoms with E-state index >= 15 is 0 Å². The first kappa shape index (κ1) is 33.4. The van der Waals surface area contributed by atoms with Gasteiger partial charge < -0.3 is 39.0 Å². The lowest BCUT2D eigenvalue weighted by Crippen LogP contribution is -2.68. The lowest BCUT2D eigenvalue weighted by Gasteiger charge is -2.63. The van der Waals surface area contributed by atoms with Crippen molar-refractivity contribution in [1.82, 2.24) is 0 Å². The van der Waals surface area contributed by atoms with Crippen molar-refractivity contribution in [2.45, 2.75) is 88.8 Å². The Morgan fingerprint density at radius 2 is 1.45 bits per heavy atom. The number of carbonyl (C=O) groups is 6. The zero-order valence-electron chi connectivity index (χ0n) is 29.7. The van der Waals surface area contributed by atoms with Gasteiger partial charge in [-0.15, -0.1) is 0 Å². The first-order chi connectivity index (χ1) is 24.9. The van der Waals surface area contributed by atoms with Gasteiger partial charge >= 0.3 is 29.8 Å². The Kier molecular flexibility index (Phi) is 6.15. The van der Waals surface area contributed by atoms with E-state index in [0.717, 1.165) is 0 Å². The molecule has 0 amide bonds. The molecule has 280 valence electrons. The van der Waals surface area contributed by atoms with Gasteiger partial charge in [0.25, 0.3) is 5.79 Å². The maximum Gasteiger partial charge on any atom is 0.338 e. The van der Waals surface area contributed by atoms with Crippen molar-refractivity contribution in [2.24, 2.45) is 46.3 Å². The average molecular weight is 733 g/mol. The van der Waals surface area contributed by atoms with Gasteiger partial charge in [-0.25, -0.2) is 14.4 Å². The quantitative estimate of drug-likeness (QED) is 0.236. The summed E-state index contributed by atoms with van der Waals surface area (Å²) < 4.78 is 28.6. The number of carbonyl (C=O) groups excluding carboxylic acids is 6. The molecule has 1 spiro atoms. The second-order valence-electron chi connectivity index (χ2n) is 17.4. The highest BCUT2D eigenvalue weighted by atomic mass is 16.7. The van der Waals surface area contributed by atoms with Crippen LogP contribution in [0.25, 0.3) is 0 Å². The number of ether oxygens (including phenoxy) is 5. The third-order valence-corrected chi connectivity index (χ3v) is 15.4. The molecular weight excluding hydrogens is 692 g/mol. The van der Waals surface area contributed by atoms with Gasteiger partial charge in [-0.2, -0.15) is 0 Å². The molecule has 0 saturated heterocycles. The Labute approximate surface area is 303 Å². The first-order valence-electron chi connectivity index (χ1n) is 18.4. The van der Waals surface area contributed by atoms with Crippen LogP contribution in [0.2, 0.25) is 0 Å². The lowest BCUT2D eigenvalue weighted by molar-refractivity contribution is -0.202. The van der Waals surface area contributed by atoms with Crippen LogP contribution < -0.4 is 0 Å². The van der Waals surface area contributed by atoms with Crippen LogP contribution in [0, 0.1) is 46.3 Å². The molecule has 5 fully saturated rings. The van der Waals surface area contributed by atoms with Gasteiger partial charge in [0.1, 0.15) is 25.4 Å². The fraction of sp³-hybridized carbons (Fsp3) is 0.641. The number of esters is 5. The van der Waals surface area contributed by atoms with E-state index in [9.17, 15) is 44.1 Å². The standard InChI is InChI=1S/C39H40O14/c1-15-7-8-49-25(40)5-6-26(41)50-13-17-18-11-23-34(3,19-9-22(19)37(23,47)14-51-30(15)42)24-12-36(46)21-10-20(21)35(4)29(36)28(38(18,24)52-32(17)44)27-16(2)31(43)53-39(27,48)33(35)45/h7,19-24,46-48H,5-6,8-14H2,1-4H3/b15-7-/t19-,20-,21+,22+,23-,24+,34+,35+,36+,37+,38+,39+/m1/s1. The van der Waals surface area contributed by atoms with E-state index < -0.39 is 87.5 Å². The largest absolute Gasteiger partial charge is 0.461 e. The highest BCUT2D eigenvalue weighted by Gasteiger charge is 2.87. The molecule has 53 heavy (non-hydrogen) atoms. The fourth-order valence-corrected chi connectivity index (χ4v) is 12.9. The van der Waals surface area contributed by atoms with Gasteiger partial charge in [0.05, 0.1) is 29.4 Å². The summed E-state index contributed by atoms with van der Waals surface area (Å²) in [6.07, 6.45) is 1.83. The van der Waals surface area contributed by atoms with Crippen molar-refractivity contribution < 1.29 is 67.8 Å². The zero-order chi connectivity index (χ0) is 37.6. The third-order valence-electron chi connectivity index (χ3n) is 15.4. The molecule has 12 atom stereocenters. The van der Waals surface area contributed by atoms with Gasteiger partial charge in [0, 0.05) is 34.1 Å². The zero-order valence-corrected chi connectivity index (χ0v) is 29.7. The van der Waals surface area contributed by atoms with Crippen LogP contribution in [0.4, 0.5) is 0 Å². The van der Waals surface area contributed by atoms with Crippen LogP contribution in [-0.4, -0.2) is 93.4 Å². The molecule has 0 aromatic rings. The molecular formula is C39H40O14. The van der Waals surface area contributed by atoms with E-state index in [1.54, 1.807) is 6.92 Å². The maximum atomic E-state index is 14.5. The van der Waals surface area contributed by atoms with E-state index in [0.29, 0.717) is 24.0 Å². The molecule has 0 unspecified atom stereocenters. The average Bonchev–Trinajstić information content (AvgIpc) is 4.01. The highest BCUT2D eigenvalue weighted by Crippen LogP contribution is 2.84. The van der Waals surface area contributed by atoms with Crippen molar-refractivity contribution in [1.29, 1.82) is 0 Å². The van der Waals surface area contributed by atoms with Crippen LogP contribution in [0.1, 0.15) is 66.2 Å². The number of aliphatic hydroxyl groups is 3. The molecule has 3 N–H and O–H groups in total. The monoisotopic (exact) mass is 732 g/mol. The molecule has 14 heteroatoms. The van der Waals surface area contributed by atoms with Crippen molar-refractivity contribution >= 4 is 35.6 Å². The smallest absolute Gasteiger partial charge is 0.338 e. The minimum atomic E-state index is -2.70. The second kappa shape index (κ2) is 9.74. The van der Waals surface area contributed by atoms with E-state index in [-0.39, 0.29) is 90.4 Å². The Morgan fingerprint density at radius 1 is 0.755 bits per heavy atom. The van der Waals surface area contributed by atoms with E-state index in [1.165, 1.54) is 19.9 Å². The molecule has 0 aromatic carbocycles. The fourth-order valence-electron chi connectivity index (χ4n) is 12.9. The van der Waals surface area contributed by atoms with Crippen molar-refractivity contribution in [3.05, 3.63) is 45.1 Å². The summed E-state index contributed by atoms with van der Waals surface area (Å²) >= 11 is 0. The summed E-state index contributed by atoms with van der Waals surface area (Å²) in [6.45, 7) is 5.45. The molecule has 7 aliphatic carbocycles. The molecule has 14 nitrogen and oxygen atoms in total. The van der Waals surface area contributed by atoms with Crippen molar-refractivity contribution in [2.75, 3.05) is 19.8 Å². The number of hydrogen-bond acceptors (Lipinski definition) is 14. The third kappa shape index (κ3) is 3.62. The lowest BCUT2D eigenvalue weighted by atomic mass is 9.42. The molecule has 3 aliphatic heterocycles. The molecule has 10 rings (SSSR count). The summed E-state index contributed by atoms with van der Waals surface area (Å²) in [4.78, 5) is 80.7. The minimum Gasteiger partial charge on any atom is -0.461 e. The molecule has 10 aliphatic rings. The van der Waals surface area contributed by atoms with E-state index in [2.05, 4.69) is 0 Å². The van der Waals surface area contributed by atoms with Crippen LogP contribution in [0.15, 0.2) is 45.1 Å². The topological polar surface area (TPSA) is 209 Å². The molecule has 0 aromatic heterocycles. The van der Waals surface area contributed by atoms with Crippen molar-refractivity contribution in [3.63, 3.8) is 0 Å². The van der Waals surface area contributed by atoms with Gasteiger partial charge in [0.2, 0.25) is 5.78 Å². The number of hydrogen-bond donors (Lipinski definition) is 3. The highest BCUT2D eigenvalue weighted by molar-refractivity contribution is 6.10. The molecule has 0 radical (unpaired) electrons. The minimum absolute atomic E-state index is 0.0138. The van der Waals surface area contributed by atoms with Crippen LogP contribution in [-0.2, 0) is 52.5 Å². The normalized spacial score (nSPS) is 50.3. The van der Waals surface area contributed by atoms with Gasteiger partial charge in [0.15, 0.2) is 5.60 Å². The summed E-state index contributed by atoms with van der Waals surface area (Å²) in [5.74, 6) is -10.0. The Balaban J connectivity index is 1.22. The second-order valence-corrected chi connectivity index (χ2v) is 17.4. The van der Waals surface area contributed by atoms with E-state index in [1.807, 2.05) is 6.92 Å². The number of Topliss-reactive ketones (excluding diaryl/α,β-unsaturated/α-hetero) is 1.